The van der Waals surface area contributed by atoms with E-state index in [4.69, 9.17) is 9.69 Å². The number of hydrogen-bond acceptors (Lipinski definition) is 2. The first kappa shape index (κ1) is 23.2. The molecule has 0 amide bonds. The van der Waals surface area contributed by atoms with E-state index in [0.29, 0.717) is 0 Å². The lowest BCUT2D eigenvalue weighted by Gasteiger charge is -1.95. The highest BCUT2D eigenvalue weighted by molar-refractivity contribution is 7.19. The van der Waals surface area contributed by atoms with Crippen molar-refractivity contribution >= 4 is 8.60 Å². The van der Waals surface area contributed by atoms with Gasteiger partial charge in [0.15, 0.2) is 0 Å². The number of aryl methyl sites for hydroxylation is 1. The van der Waals surface area contributed by atoms with Gasteiger partial charge >= 0.3 is 0 Å². The van der Waals surface area contributed by atoms with Crippen LogP contribution in [0.5, 0.6) is 5.75 Å². The van der Waals surface area contributed by atoms with Crippen molar-refractivity contribution in [2.75, 3.05) is 0 Å². The highest BCUT2D eigenvalue weighted by atomic mass is 31.1. The maximum Gasteiger partial charge on any atom is 0.238 e. The third-order valence-corrected chi connectivity index (χ3v) is 1.47. The molecule has 0 spiro atoms. The first-order valence-corrected chi connectivity index (χ1v) is 3.74. The zero-order chi connectivity index (χ0) is 7.40. The summed E-state index contributed by atoms with van der Waals surface area (Å²) in [7, 11) is 0.196. The molecule has 0 fully saturated rings. The lowest BCUT2D eigenvalue weighted by molar-refractivity contribution is 0.636. The van der Waals surface area contributed by atoms with Gasteiger partial charge in [-0.1, -0.05) is 47.4 Å². The zero-order valence-corrected chi connectivity index (χ0v) is 6.56. The molecule has 0 aliphatic rings. The predicted octanol–water partition coefficient (Wildman–Crippen LogP) is 5.54. The summed E-state index contributed by atoms with van der Waals surface area (Å²) in [4.78, 5) is 0. The highest BCUT2D eigenvalue weighted by Crippen LogP contribution is 2.15. The van der Waals surface area contributed by atoms with Gasteiger partial charge in [-0.2, -0.15) is 0 Å². The summed E-state index contributed by atoms with van der Waals surface area (Å²) in [5, 5.41) is 6.74. The van der Waals surface area contributed by atoms with Crippen molar-refractivity contribution < 1.29 is 4.52 Å². The van der Waals surface area contributed by atoms with E-state index < -0.39 is 0 Å². The molecule has 0 bridgehead atoms. The van der Waals surface area contributed by atoms with Crippen LogP contribution in [0.2, 0.25) is 0 Å². The average molecular weight is 217 g/mol. The minimum atomic E-state index is 0. The second-order valence-electron chi connectivity index (χ2n) is 2.00. The molecule has 1 aromatic carbocycles. The molecule has 0 aliphatic heterocycles. The van der Waals surface area contributed by atoms with Crippen LogP contribution in [-0.4, -0.2) is 0 Å². The van der Waals surface area contributed by atoms with Gasteiger partial charge in [-0.05, 0) is 19.1 Å². The Morgan fingerprint density at radius 3 is 1.79 bits per heavy atom. The molecule has 3 heteroatoms. The molecule has 0 aliphatic carbocycles. The summed E-state index contributed by atoms with van der Waals surface area (Å²) in [6.45, 7) is 2.02. The third kappa shape index (κ3) is 7.75. The molecule has 0 saturated heterocycles. The molecule has 14 heavy (non-hydrogen) atoms. The van der Waals surface area contributed by atoms with E-state index in [9.17, 15) is 0 Å². The molecule has 1 rings (SSSR count). The van der Waals surface area contributed by atoms with Crippen molar-refractivity contribution in [2.45, 2.75) is 36.6 Å². The maximum absolute atomic E-state index is 6.74. The number of hydrogen-bond donors (Lipinski definition) is 1. The Morgan fingerprint density at radius 1 is 1.00 bits per heavy atom. The van der Waals surface area contributed by atoms with Crippen molar-refractivity contribution in [2.24, 2.45) is 0 Å². The summed E-state index contributed by atoms with van der Waals surface area (Å²) in [5.74, 6) is 0.752. The van der Waals surface area contributed by atoms with Gasteiger partial charge < -0.3 is 4.52 Å². The zero-order valence-electron chi connectivity index (χ0n) is 5.66. The number of rotatable bonds is 2. The Hall–Kier alpha value is -0.880. The lowest BCUT2D eigenvalue weighted by Crippen LogP contribution is -1.74. The Labute approximate surface area is 91.1 Å². The fourth-order valence-corrected chi connectivity index (χ4v) is 0.879. The van der Waals surface area contributed by atoms with Crippen LogP contribution in [0, 0.1) is 12.1 Å². The van der Waals surface area contributed by atoms with Crippen molar-refractivity contribution in [3.8, 4) is 5.75 Å². The minimum absolute atomic E-state index is 0. The van der Waals surface area contributed by atoms with Crippen LogP contribution >= 0.6 is 8.60 Å². The molecule has 2 nitrogen and oxygen atoms in total. The molecular weight excluding hydrogens is 193 g/mol. The van der Waals surface area contributed by atoms with Gasteiger partial charge in [0.1, 0.15) is 5.75 Å². The largest absolute Gasteiger partial charge is 0.423 e. The van der Waals surface area contributed by atoms with Crippen LogP contribution in [0.25, 0.3) is 0 Å². The number of nitrogens with one attached hydrogen (secondary N) is 1. The summed E-state index contributed by atoms with van der Waals surface area (Å²) in [5.41, 5.74) is 1.20. The normalized spacial score (nSPS) is 6.93. The predicted molar refractivity (Wildman–Crippen MR) is 68.4 cm³/mol. The highest BCUT2D eigenvalue weighted by Gasteiger charge is 1.88. The monoisotopic (exact) mass is 217 g/mol. The minimum Gasteiger partial charge on any atom is -0.423 e. The van der Waals surface area contributed by atoms with Crippen LogP contribution in [-0.2, 0) is 0 Å². The molecule has 84 valence electrons. The lowest BCUT2D eigenvalue weighted by atomic mass is 10.2. The van der Waals surface area contributed by atoms with Crippen molar-refractivity contribution in [3.63, 3.8) is 0 Å². The fraction of sp³-hybridized carbons (Fsp3) is 0.455. The van der Waals surface area contributed by atoms with Crippen molar-refractivity contribution in [3.05, 3.63) is 29.8 Å². The van der Waals surface area contributed by atoms with Crippen molar-refractivity contribution in [1.29, 1.82) is 5.16 Å². The van der Waals surface area contributed by atoms with Crippen LogP contribution in [0.15, 0.2) is 24.3 Å². The Morgan fingerprint density at radius 2 is 1.43 bits per heavy atom. The second kappa shape index (κ2) is 12.1. The van der Waals surface area contributed by atoms with Gasteiger partial charge in [0.25, 0.3) is 0 Å². The van der Waals surface area contributed by atoms with E-state index in [1.54, 1.807) is 0 Å². The van der Waals surface area contributed by atoms with Crippen LogP contribution < -0.4 is 4.52 Å². The van der Waals surface area contributed by atoms with Crippen LogP contribution in [0.1, 0.15) is 35.3 Å². The molecule has 1 aromatic rings. The average Bonchev–Trinajstić information content (AvgIpc) is 1.95. The van der Waals surface area contributed by atoms with E-state index >= 15 is 0 Å². The molecule has 0 saturated carbocycles. The van der Waals surface area contributed by atoms with Crippen LogP contribution in [0.4, 0.5) is 0 Å². The van der Waals surface area contributed by atoms with Gasteiger partial charge in [-0.25, -0.2) is 5.16 Å². The molecule has 0 heterocycles. The van der Waals surface area contributed by atoms with Gasteiger partial charge in [-0.3, -0.25) is 0 Å². The summed E-state index contributed by atoms with van der Waals surface area (Å²) in [6, 6.07) is 7.63. The Balaban J connectivity index is -0.000000125. The summed E-state index contributed by atoms with van der Waals surface area (Å²) < 4.78 is 4.90. The molecule has 0 radical (unpaired) electrons. The van der Waals surface area contributed by atoms with Crippen LogP contribution in [0.3, 0.4) is 0 Å². The number of benzene rings is 1. The van der Waals surface area contributed by atoms with Gasteiger partial charge in [0, 0.05) is 0 Å². The van der Waals surface area contributed by atoms with E-state index in [1.165, 1.54) is 5.56 Å². The first-order chi connectivity index (χ1) is 4.83. The summed E-state index contributed by atoms with van der Waals surface area (Å²) >= 11 is 0. The molecular formula is C11H24NOP. The molecule has 1 N–H and O–H groups in total. The quantitative estimate of drug-likeness (QED) is 0.648. The van der Waals surface area contributed by atoms with Gasteiger partial charge in [0.05, 0.1) is 0 Å². The van der Waals surface area contributed by atoms with Crippen molar-refractivity contribution in [1.82, 2.24) is 0 Å². The Kier molecular flexibility index (Phi) is 20.1. The third-order valence-electron chi connectivity index (χ3n) is 1.17. The topological polar surface area (TPSA) is 33.1 Å². The van der Waals surface area contributed by atoms with E-state index in [1.807, 2.05) is 31.2 Å². The maximum atomic E-state index is 6.74. The smallest absolute Gasteiger partial charge is 0.238 e. The fourth-order valence-electron chi connectivity index (χ4n) is 0.652. The Bertz CT molecular complexity index is 221. The SMILES string of the molecule is C.C.C.C.Cc1ccc(OP=N)cc1. The van der Waals surface area contributed by atoms with Gasteiger partial charge in [-0.15, -0.1) is 0 Å². The molecule has 0 atom stereocenters. The van der Waals surface area contributed by atoms with E-state index in [0.717, 1.165) is 5.75 Å². The molecule has 0 aromatic heterocycles. The van der Waals surface area contributed by atoms with E-state index in [-0.39, 0.29) is 38.3 Å². The first-order valence-electron chi connectivity index (χ1n) is 2.93. The molecule has 0 unspecified atom stereocenters. The second-order valence-corrected chi connectivity index (χ2v) is 2.36. The van der Waals surface area contributed by atoms with Gasteiger partial charge in [0.2, 0.25) is 8.60 Å². The van der Waals surface area contributed by atoms with E-state index in [2.05, 4.69) is 0 Å². The summed E-state index contributed by atoms with van der Waals surface area (Å²) in [6.07, 6.45) is 0. The standard InChI is InChI=1S/C7H8NOP.4CH4/c1-6-2-4-7(5-3-6)9-10-8;;;;/h2-5,8H,1H3;4*1H4.